The van der Waals surface area contributed by atoms with Crippen LogP contribution in [0.25, 0.3) is 0 Å². The maximum absolute atomic E-state index is 10.6. The van der Waals surface area contributed by atoms with Gasteiger partial charge in [0.05, 0.1) is 12.6 Å². The zero-order valence-electron chi connectivity index (χ0n) is 10.3. The second-order valence-corrected chi connectivity index (χ2v) is 3.86. The van der Waals surface area contributed by atoms with Crippen molar-refractivity contribution >= 4 is 6.29 Å². The van der Waals surface area contributed by atoms with E-state index in [1.54, 1.807) is 0 Å². The Hall–Kier alpha value is -1.61. The summed E-state index contributed by atoms with van der Waals surface area (Å²) in [6, 6.07) is 0.287. The van der Waals surface area contributed by atoms with Gasteiger partial charge in [-0.15, -0.1) is 0 Å². The number of nitrogens with zero attached hydrogens (tertiary/aromatic N) is 1. The van der Waals surface area contributed by atoms with Gasteiger partial charge >= 0.3 is 0 Å². The van der Waals surface area contributed by atoms with Crippen LogP contribution in [0, 0.1) is 0 Å². The molecule has 17 heavy (non-hydrogen) atoms. The van der Waals surface area contributed by atoms with Crippen molar-refractivity contribution in [3.05, 3.63) is 48.7 Å². The van der Waals surface area contributed by atoms with Crippen molar-refractivity contribution in [1.29, 1.82) is 0 Å². The SMILES string of the molecule is C/C=C\C=C\CN(CC=O)CC1C=CC=CN1. The molecule has 0 amide bonds. The van der Waals surface area contributed by atoms with Crippen molar-refractivity contribution in [2.45, 2.75) is 13.0 Å². The molecule has 0 aliphatic carbocycles. The average Bonchev–Trinajstić information content (AvgIpc) is 2.36. The molecular weight excluding hydrogens is 212 g/mol. The van der Waals surface area contributed by atoms with E-state index in [0.717, 1.165) is 19.4 Å². The van der Waals surface area contributed by atoms with Crippen molar-refractivity contribution in [2.24, 2.45) is 0 Å². The van der Waals surface area contributed by atoms with Gasteiger partial charge in [0.25, 0.3) is 0 Å². The Bertz CT molecular complexity index is 329. The van der Waals surface area contributed by atoms with E-state index < -0.39 is 0 Å². The van der Waals surface area contributed by atoms with Gasteiger partial charge < -0.3 is 10.1 Å². The fraction of sp³-hybridized carbons (Fsp3) is 0.357. The maximum Gasteiger partial charge on any atom is 0.133 e. The van der Waals surface area contributed by atoms with Gasteiger partial charge in [0.2, 0.25) is 0 Å². The molecule has 1 heterocycles. The van der Waals surface area contributed by atoms with Crippen molar-refractivity contribution in [3.8, 4) is 0 Å². The lowest BCUT2D eigenvalue weighted by molar-refractivity contribution is -0.108. The Morgan fingerprint density at radius 3 is 2.82 bits per heavy atom. The van der Waals surface area contributed by atoms with Crippen molar-refractivity contribution < 1.29 is 4.79 Å². The van der Waals surface area contributed by atoms with Gasteiger partial charge in [-0.3, -0.25) is 4.90 Å². The fourth-order valence-corrected chi connectivity index (χ4v) is 1.61. The molecule has 0 saturated heterocycles. The van der Waals surface area contributed by atoms with Crippen molar-refractivity contribution in [1.82, 2.24) is 10.2 Å². The standard InChI is InChI=1S/C14H20N2O/c1-2-3-4-7-10-16(11-12-17)13-14-8-5-6-9-15-14/h2-9,12,14-15H,10-11,13H2,1H3/b3-2-,7-4+. The Morgan fingerprint density at radius 1 is 1.29 bits per heavy atom. The van der Waals surface area contributed by atoms with Crippen LogP contribution in [-0.2, 0) is 4.79 Å². The predicted molar refractivity (Wildman–Crippen MR) is 71.7 cm³/mol. The minimum Gasteiger partial charge on any atom is -0.383 e. The third-order valence-electron chi connectivity index (χ3n) is 2.45. The number of carbonyl (C=O) groups is 1. The van der Waals surface area contributed by atoms with Crippen LogP contribution in [0.4, 0.5) is 0 Å². The first-order valence-corrected chi connectivity index (χ1v) is 5.90. The summed E-state index contributed by atoms with van der Waals surface area (Å²) in [5, 5.41) is 3.25. The van der Waals surface area contributed by atoms with E-state index in [2.05, 4.69) is 22.4 Å². The predicted octanol–water partition coefficient (Wildman–Crippen LogP) is 1.66. The number of nitrogens with one attached hydrogen (secondary N) is 1. The van der Waals surface area contributed by atoms with Gasteiger partial charge in [0.1, 0.15) is 6.29 Å². The molecule has 3 heteroatoms. The molecule has 3 nitrogen and oxygen atoms in total. The Balaban J connectivity index is 2.39. The second kappa shape index (κ2) is 8.53. The van der Waals surface area contributed by atoms with Crippen LogP contribution in [0.5, 0.6) is 0 Å². The number of carbonyl (C=O) groups excluding carboxylic acids is 1. The average molecular weight is 232 g/mol. The first-order valence-electron chi connectivity index (χ1n) is 5.90. The van der Waals surface area contributed by atoms with Crippen LogP contribution in [0.15, 0.2) is 48.7 Å². The minimum atomic E-state index is 0.287. The topological polar surface area (TPSA) is 32.3 Å². The van der Waals surface area contributed by atoms with E-state index in [1.807, 2.05) is 43.5 Å². The Morgan fingerprint density at radius 2 is 2.18 bits per heavy atom. The summed E-state index contributed by atoms with van der Waals surface area (Å²) < 4.78 is 0. The van der Waals surface area contributed by atoms with E-state index >= 15 is 0 Å². The number of rotatable bonds is 7. The highest BCUT2D eigenvalue weighted by Crippen LogP contribution is 1.99. The van der Waals surface area contributed by atoms with E-state index in [4.69, 9.17) is 0 Å². The molecular formula is C14H20N2O. The third-order valence-corrected chi connectivity index (χ3v) is 2.45. The van der Waals surface area contributed by atoms with Crippen LogP contribution in [0.2, 0.25) is 0 Å². The molecule has 0 radical (unpaired) electrons. The molecule has 0 bridgehead atoms. The third kappa shape index (κ3) is 5.88. The summed E-state index contributed by atoms with van der Waals surface area (Å²) in [6.07, 6.45) is 17.0. The molecule has 0 spiro atoms. The summed E-state index contributed by atoms with van der Waals surface area (Å²) in [5.41, 5.74) is 0. The van der Waals surface area contributed by atoms with Crippen LogP contribution in [0.1, 0.15) is 6.92 Å². The van der Waals surface area contributed by atoms with E-state index in [0.29, 0.717) is 6.54 Å². The van der Waals surface area contributed by atoms with Gasteiger partial charge in [0.15, 0.2) is 0 Å². The zero-order chi connectivity index (χ0) is 12.3. The van der Waals surface area contributed by atoms with Crippen LogP contribution >= 0.6 is 0 Å². The van der Waals surface area contributed by atoms with Gasteiger partial charge in [-0.05, 0) is 19.2 Å². The Labute approximate surface area is 103 Å². The van der Waals surface area contributed by atoms with Gasteiger partial charge in [-0.1, -0.05) is 36.5 Å². The molecule has 1 aliphatic rings. The molecule has 1 rings (SSSR count). The lowest BCUT2D eigenvalue weighted by Gasteiger charge is -2.24. The highest BCUT2D eigenvalue weighted by atomic mass is 16.1. The van der Waals surface area contributed by atoms with Crippen molar-refractivity contribution in [2.75, 3.05) is 19.6 Å². The number of aldehydes is 1. The smallest absolute Gasteiger partial charge is 0.133 e. The van der Waals surface area contributed by atoms with Crippen LogP contribution in [0.3, 0.4) is 0 Å². The second-order valence-electron chi connectivity index (χ2n) is 3.86. The molecule has 1 aliphatic heterocycles. The monoisotopic (exact) mass is 232 g/mol. The summed E-state index contributed by atoms with van der Waals surface area (Å²) in [7, 11) is 0. The number of dihydropyridines is 1. The molecule has 0 saturated carbocycles. The molecule has 1 unspecified atom stereocenters. The maximum atomic E-state index is 10.6. The summed E-state index contributed by atoms with van der Waals surface area (Å²) in [4.78, 5) is 12.7. The zero-order valence-corrected chi connectivity index (χ0v) is 10.3. The lowest BCUT2D eigenvalue weighted by atomic mass is 10.2. The summed E-state index contributed by atoms with van der Waals surface area (Å²) in [5.74, 6) is 0. The van der Waals surface area contributed by atoms with E-state index in [9.17, 15) is 4.79 Å². The first-order chi connectivity index (χ1) is 8.36. The van der Waals surface area contributed by atoms with Gasteiger partial charge in [-0.2, -0.15) is 0 Å². The number of allylic oxidation sites excluding steroid dienone is 5. The molecule has 92 valence electrons. The first kappa shape index (κ1) is 13.5. The largest absolute Gasteiger partial charge is 0.383 e. The molecule has 0 aromatic heterocycles. The Kier molecular flexibility index (Phi) is 6.75. The normalized spacial score (nSPS) is 19.3. The molecule has 1 atom stereocenters. The molecule has 0 aromatic carbocycles. The molecule has 0 aromatic rings. The molecule has 1 N–H and O–H groups in total. The number of hydrogen-bond acceptors (Lipinski definition) is 3. The van der Waals surface area contributed by atoms with Crippen LogP contribution in [-0.4, -0.2) is 36.9 Å². The fourth-order valence-electron chi connectivity index (χ4n) is 1.61. The van der Waals surface area contributed by atoms with Gasteiger partial charge in [0, 0.05) is 13.1 Å². The molecule has 0 fully saturated rings. The minimum absolute atomic E-state index is 0.287. The van der Waals surface area contributed by atoms with Crippen LogP contribution < -0.4 is 5.32 Å². The quantitative estimate of drug-likeness (QED) is 0.535. The van der Waals surface area contributed by atoms with E-state index in [-0.39, 0.29) is 6.04 Å². The van der Waals surface area contributed by atoms with E-state index in [1.165, 1.54) is 0 Å². The highest BCUT2D eigenvalue weighted by Gasteiger charge is 2.09. The van der Waals surface area contributed by atoms with Gasteiger partial charge in [-0.25, -0.2) is 0 Å². The summed E-state index contributed by atoms with van der Waals surface area (Å²) >= 11 is 0. The summed E-state index contributed by atoms with van der Waals surface area (Å²) in [6.45, 7) is 4.07. The highest BCUT2D eigenvalue weighted by molar-refractivity contribution is 5.52. The van der Waals surface area contributed by atoms with Crippen molar-refractivity contribution in [3.63, 3.8) is 0 Å². The number of hydrogen-bond donors (Lipinski definition) is 1. The lowest BCUT2D eigenvalue weighted by Crippen LogP contribution is -2.39.